The van der Waals surface area contributed by atoms with E-state index in [1.165, 1.54) is 11.6 Å². The molecule has 10 nitrogen and oxygen atoms in total. The van der Waals surface area contributed by atoms with Gasteiger partial charge in [-0.05, 0) is 56.0 Å². The van der Waals surface area contributed by atoms with Crippen molar-refractivity contribution in [3.63, 3.8) is 0 Å². The summed E-state index contributed by atoms with van der Waals surface area (Å²) in [5.41, 5.74) is 11.1. The predicted octanol–water partition coefficient (Wildman–Crippen LogP) is 4.54. The quantitative estimate of drug-likeness (QED) is 0.108. The summed E-state index contributed by atoms with van der Waals surface area (Å²) < 4.78 is 31.7. The highest BCUT2D eigenvalue weighted by molar-refractivity contribution is 5.68. The number of aryl methyl sites for hydroxylation is 1. The summed E-state index contributed by atoms with van der Waals surface area (Å²) in [6, 6.07) is 8.90. The van der Waals surface area contributed by atoms with Crippen molar-refractivity contribution in [3.8, 4) is 5.75 Å². The van der Waals surface area contributed by atoms with Gasteiger partial charge in [0, 0.05) is 47.6 Å². The second-order valence-electron chi connectivity index (χ2n) is 8.98. The maximum atomic E-state index is 15.1. The summed E-state index contributed by atoms with van der Waals surface area (Å²) >= 11 is 0. The zero-order valence-electron chi connectivity index (χ0n) is 22.1. The van der Waals surface area contributed by atoms with Crippen LogP contribution in [0, 0.1) is 5.82 Å². The molecular weight excluding hydrogens is 491 g/mol. The van der Waals surface area contributed by atoms with Crippen molar-refractivity contribution in [2.24, 2.45) is 5.11 Å². The fourth-order valence-corrected chi connectivity index (χ4v) is 4.55. The molecule has 1 aliphatic rings. The number of hydrogen-bond acceptors (Lipinski definition) is 8. The Morgan fingerprint density at radius 3 is 2.92 bits per heavy atom. The minimum atomic E-state index is -0.464. The molecule has 206 valence electrons. The highest BCUT2D eigenvalue weighted by Gasteiger charge is 2.28. The molecule has 0 bridgehead atoms. The predicted molar refractivity (Wildman–Crippen MR) is 143 cm³/mol. The van der Waals surface area contributed by atoms with Crippen LogP contribution >= 0.6 is 0 Å². The first-order valence-electron chi connectivity index (χ1n) is 13.1. The SMILES string of the molecule is CCC(=O)OCC[C@@H](NC)[C@H](Cc1ccc2c(n1)NCCC2)c1cccc(F)c1OCCOCCN=[N+]=[N-]. The van der Waals surface area contributed by atoms with E-state index in [0.29, 0.717) is 24.8 Å². The Balaban J connectivity index is 1.83. The minimum Gasteiger partial charge on any atom is -0.488 e. The van der Waals surface area contributed by atoms with Crippen LogP contribution in [0.5, 0.6) is 5.75 Å². The number of rotatable bonds is 16. The van der Waals surface area contributed by atoms with Gasteiger partial charge in [0.2, 0.25) is 0 Å². The first kappa shape index (κ1) is 29.2. The van der Waals surface area contributed by atoms with E-state index in [9.17, 15) is 4.79 Å². The summed E-state index contributed by atoms with van der Waals surface area (Å²) in [6.45, 7) is 3.73. The van der Waals surface area contributed by atoms with E-state index in [2.05, 4.69) is 26.7 Å². The molecule has 0 unspecified atom stereocenters. The normalized spacial score (nSPS) is 14.0. The molecular formula is C27H37FN6O4. The summed E-state index contributed by atoms with van der Waals surface area (Å²) in [4.78, 5) is 19.3. The molecule has 2 heterocycles. The summed E-state index contributed by atoms with van der Waals surface area (Å²) in [5, 5.41) is 10.1. The maximum absolute atomic E-state index is 15.1. The number of azide groups is 1. The number of ether oxygens (including phenoxy) is 3. The van der Waals surface area contributed by atoms with Crippen molar-refractivity contribution in [1.82, 2.24) is 10.3 Å². The molecule has 2 aromatic rings. The first-order valence-corrected chi connectivity index (χ1v) is 13.1. The third kappa shape index (κ3) is 8.58. The summed E-state index contributed by atoms with van der Waals surface area (Å²) in [7, 11) is 1.85. The molecule has 2 atom stereocenters. The van der Waals surface area contributed by atoms with Crippen LogP contribution in [0.2, 0.25) is 0 Å². The lowest BCUT2D eigenvalue weighted by atomic mass is 9.85. The highest BCUT2D eigenvalue weighted by atomic mass is 19.1. The van der Waals surface area contributed by atoms with Gasteiger partial charge in [-0.2, -0.15) is 0 Å². The molecule has 0 amide bonds. The minimum absolute atomic E-state index is 0.135. The number of benzene rings is 1. The Hall–Kier alpha value is -3.40. The van der Waals surface area contributed by atoms with Crippen LogP contribution < -0.4 is 15.4 Å². The van der Waals surface area contributed by atoms with E-state index in [4.69, 9.17) is 24.7 Å². The average Bonchev–Trinajstić information content (AvgIpc) is 2.94. The van der Waals surface area contributed by atoms with Gasteiger partial charge in [-0.15, -0.1) is 0 Å². The Kier molecular flexibility index (Phi) is 12.1. The molecule has 3 rings (SSSR count). The zero-order chi connectivity index (χ0) is 27.2. The largest absolute Gasteiger partial charge is 0.488 e. The molecule has 11 heteroatoms. The number of esters is 1. The van der Waals surface area contributed by atoms with Crippen molar-refractivity contribution < 1.29 is 23.4 Å². The fourth-order valence-electron chi connectivity index (χ4n) is 4.55. The molecule has 0 fully saturated rings. The van der Waals surface area contributed by atoms with Crippen molar-refractivity contribution in [3.05, 3.63) is 63.4 Å². The Morgan fingerprint density at radius 2 is 2.13 bits per heavy atom. The topological polar surface area (TPSA) is 130 Å². The lowest BCUT2D eigenvalue weighted by Gasteiger charge is -2.29. The number of halogens is 1. The highest BCUT2D eigenvalue weighted by Crippen LogP contribution is 2.35. The van der Waals surface area contributed by atoms with Gasteiger partial charge in [-0.3, -0.25) is 4.79 Å². The van der Waals surface area contributed by atoms with Crippen LogP contribution in [0.4, 0.5) is 10.2 Å². The molecule has 1 aromatic carbocycles. The average molecular weight is 529 g/mol. The fraction of sp³-hybridized carbons (Fsp3) is 0.556. The van der Waals surface area contributed by atoms with Gasteiger partial charge in [0.05, 0.1) is 19.8 Å². The Morgan fingerprint density at radius 1 is 1.26 bits per heavy atom. The number of hydrogen-bond donors (Lipinski definition) is 2. The van der Waals surface area contributed by atoms with Gasteiger partial charge in [0.25, 0.3) is 0 Å². The van der Waals surface area contributed by atoms with E-state index in [1.54, 1.807) is 13.0 Å². The molecule has 2 N–H and O–H groups in total. The third-order valence-electron chi connectivity index (χ3n) is 6.49. The van der Waals surface area contributed by atoms with E-state index in [-0.39, 0.29) is 56.7 Å². The number of para-hydroxylation sites is 1. The van der Waals surface area contributed by atoms with Crippen molar-refractivity contribution >= 4 is 11.8 Å². The van der Waals surface area contributed by atoms with Crippen molar-refractivity contribution in [2.45, 2.75) is 51.0 Å². The molecule has 38 heavy (non-hydrogen) atoms. The number of fused-ring (bicyclic) bond motifs is 1. The van der Waals surface area contributed by atoms with E-state index in [0.717, 1.165) is 30.9 Å². The number of carbonyl (C=O) groups excluding carboxylic acids is 1. The number of pyridine rings is 1. The molecule has 0 spiro atoms. The van der Waals surface area contributed by atoms with E-state index >= 15 is 4.39 Å². The molecule has 0 aliphatic carbocycles. The first-order chi connectivity index (χ1) is 18.6. The molecule has 0 radical (unpaired) electrons. The number of aromatic nitrogens is 1. The molecule has 0 saturated carbocycles. The van der Waals surface area contributed by atoms with Crippen LogP contribution in [-0.4, -0.2) is 63.6 Å². The van der Waals surface area contributed by atoms with Crippen LogP contribution in [0.3, 0.4) is 0 Å². The Bertz CT molecular complexity index is 1100. The molecule has 1 aromatic heterocycles. The van der Waals surface area contributed by atoms with Gasteiger partial charge in [0.1, 0.15) is 12.4 Å². The smallest absolute Gasteiger partial charge is 0.305 e. The maximum Gasteiger partial charge on any atom is 0.305 e. The van der Waals surface area contributed by atoms with Gasteiger partial charge in [-0.25, -0.2) is 9.37 Å². The van der Waals surface area contributed by atoms with E-state index < -0.39 is 5.82 Å². The second kappa shape index (κ2) is 15.8. The van der Waals surface area contributed by atoms with Gasteiger partial charge < -0.3 is 24.8 Å². The molecule has 1 aliphatic heterocycles. The van der Waals surface area contributed by atoms with E-state index in [1.807, 2.05) is 19.2 Å². The second-order valence-corrected chi connectivity index (χ2v) is 8.98. The van der Waals surface area contributed by atoms with Crippen LogP contribution in [-0.2, 0) is 27.1 Å². The lowest BCUT2D eigenvalue weighted by Crippen LogP contribution is -2.35. The van der Waals surface area contributed by atoms with Crippen LogP contribution in [0.15, 0.2) is 35.4 Å². The van der Waals surface area contributed by atoms with Crippen molar-refractivity contribution in [2.75, 3.05) is 51.9 Å². The third-order valence-corrected chi connectivity index (χ3v) is 6.49. The monoisotopic (exact) mass is 528 g/mol. The number of carbonyl (C=O) groups is 1. The number of likely N-dealkylation sites (N-methyl/N-ethyl adjacent to an activating group) is 1. The summed E-state index contributed by atoms with van der Waals surface area (Å²) in [5.74, 6) is 0.131. The van der Waals surface area contributed by atoms with Crippen molar-refractivity contribution in [1.29, 1.82) is 0 Å². The van der Waals surface area contributed by atoms with Gasteiger partial charge >= 0.3 is 5.97 Å². The summed E-state index contributed by atoms with van der Waals surface area (Å²) in [6.07, 6.45) is 3.45. The standard InChI is InChI=1S/C27H37FN6O4/c1-3-25(35)37-14-11-24(30-2)22(18-20-10-9-19-6-5-12-31-27(19)33-20)21-7-4-8-23(28)26(21)38-17-16-36-15-13-32-34-29/h4,7-10,22,24,30H,3,5-6,11-18H2,1-2H3,(H,31,33)/t22-,24-/m1/s1. The number of nitrogens with zero attached hydrogens (tertiary/aromatic N) is 4. The van der Waals surface area contributed by atoms with Gasteiger partial charge in [-0.1, -0.05) is 30.2 Å². The zero-order valence-corrected chi connectivity index (χ0v) is 22.1. The van der Waals surface area contributed by atoms with Crippen LogP contribution in [0.1, 0.15) is 48.9 Å². The Labute approximate surface area is 222 Å². The number of nitrogens with one attached hydrogen (secondary N) is 2. The lowest BCUT2D eigenvalue weighted by molar-refractivity contribution is -0.143. The molecule has 0 saturated heterocycles. The van der Waals surface area contributed by atoms with Gasteiger partial charge in [0.15, 0.2) is 11.6 Å². The number of anilines is 1. The van der Waals surface area contributed by atoms with Crippen LogP contribution in [0.25, 0.3) is 10.4 Å².